The minimum Gasteiger partial charge on any atom is -0.313 e. The molecular formula is C34H22CdN8. The Morgan fingerprint density at radius 3 is 0.837 bits per heavy atom. The molecule has 0 fully saturated rings. The number of hydrogen-bond donors (Lipinski definition) is 0. The van der Waals surface area contributed by atoms with Gasteiger partial charge < -0.3 is 9.13 Å². The SMILES string of the molecule is Cn1c2nc3nc(nc4c5ccccc5c(nc5nc(nc1c1ccccc12)-c1ccccc1-5)n4C)-c1ccccc1-3.[Cd]. The van der Waals surface area contributed by atoms with Crippen LogP contribution in [0.3, 0.4) is 0 Å². The maximum Gasteiger partial charge on any atom is 0.164 e. The Morgan fingerprint density at radius 2 is 0.581 bits per heavy atom. The Balaban J connectivity index is 0.00000278. The van der Waals surface area contributed by atoms with E-state index < -0.39 is 0 Å². The maximum absolute atomic E-state index is 5.16. The number of nitrogens with zero attached hydrogens (tertiary/aromatic N) is 8. The number of benzene rings is 4. The molecule has 0 aliphatic carbocycles. The van der Waals surface area contributed by atoms with Gasteiger partial charge in [0.05, 0.1) is 0 Å². The van der Waals surface area contributed by atoms with Crippen LogP contribution in [0.25, 0.3) is 89.7 Å². The maximum atomic E-state index is 5.16. The summed E-state index contributed by atoms with van der Waals surface area (Å²) in [4.78, 5) is 30.6. The summed E-state index contributed by atoms with van der Waals surface area (Å²) < 4.78 is 4.04. The van der Waals surface area contributed by atoms with E-state index in [0.29, 0.717) is 23.3 Å². The molecule has 8 nitrogen and oxygen atoms in total. The number of rotatable bonds is 0. The van der Waals surface area contributed by atoms with Crippen LogP contribution < -0.4 is 0 Å². The van der Waals surface area contributed by atoms with Crippen molar-refractivity contribution in [1.29, 1.82) is 0 Å². The summed E-state index contributed by atoms with van der Waals surface area (Å²) in [6, 6.07) is 32.7. The Bertz CT molecular complexity index is 2130. The van der Waals surface area contributed by atoms with Gasteiger partial charge in [0, 0.05) is 85.2 Å². The van der Waals surface area contributed by atoms with Gasteiger partial charge in [0.25, 0.3) is 0 Å². The van der Waals surface area contributed by atoms with E-state index >= 15 is 0 Å². The molecule has 0 saturated heterocycles. The van der Waals surface area contributed by atoms with Crippen molar-refractivity contribution in [3.8, 4) is 45.6 Å². The molecular weight excluding hydrogens is 633 g/mol. The standard InChI is InChI=1S/C34H22N8.Cd/c1-41-31-23-15-7-8-16-24(23)32(41)38-28-20-12-4-6-14-22(20)30(36-28)40-34-26-18-10-9-17-25(26)33(42(34)2)39-29-21-13-5-3-11-19(21)27(35-29)37-31;/h3-18H,1-2H3;. The molecule has 0 saturated carbocycles. The van der Waals surface area contributed by atoms with Crippen molar-refractivity contribution in [3.63, 3.8) is 0 Å². The molecule has 9 heteroatoms. The minimum atomic E-state index is 0. The number of aryl methyl sites for hydroxylation is 2. The molecule has 0 radical (unpaired) electrons. The average Bonchev–Trinajstić information content (AvgIpc) is 3.71. The Kier molecular flexibility index (Phi) is 5.77. The third kappa shape index (κ3) is 3.72. The van der Waals surface area contributed by atoms with Gasteiger partial charge in [0.15, 0.2) is 23.3 Å². The van der Waals surface area contributed by atoms with Gasteiger partial charge in [0.1, 0.15) is 22.6 Å². The second-order valence-corrected chi connectivity index (χ2v) is 10.6. The van der Waals surface area contributed by atoms with Crippen molar-refractivity contribution in [1.82, 2.24) is 39.0 Å². The Hall–Kier alpha value is -4.84. The average molecular weight is 655 g/mol. The summed E-state index contributed by atoms with van der Waals surface area (Å²) in [7, 11) is 3.98. The molecule has 0 spiro atoms. The zero-order chi connectivity index (χ0) is 27.9. The zero-order valence-corrected chi connectivity index (χ0v) is 27.6. The fourth-order valence-electron chi connectivity index (χ4n) is 6.14. The summed E-state index contributed by atoms with van der Waals surface area (Å²) in [5, 5.41) is 3.97. The van der Waals surface area contributed by atoms with Gasteiger partial charge in [-0.15, -0.1) is 0 Å². The normalized spacial score (nSPS) is 11.8. The predicted molar refractivity (Wildman–Crippen MR) is 165 cm³/mol. The van der Waals surface area contributed by atoms with Gasteiger partial charge in [0.2, 0.25) is 0 Å². The van der Waals surface area contributed by atoms with E-state index in [1.54, 1.807) is 0 Å². The number of hydrogen-bond acceptors (Lipinski definition) is 6. The first-order valence-corrected chi connectivity index (χ1v) is 13.8. The molecule has 2 aliphatic rings. The van der Waals surface area contributed by atoms with E-state index in [9.17, 15) is 0 Å². The summed E-state index contributed by atoms with van der Waals surface area (Å²) >= 11 is 0. The van der Waals surface area contributed by atoms with Crippen molar-refractivity contribution < 1.29 is 27.3 Å². The largest absolute Gasteiger partial charge is 0.313 e. The molecule has 2 aliphatic heterocycles. The van der Waals surface area contributed by atoms with Gasteiger partial charge in [-0.3, -0.25) is 0 Å². The fraction of sp³-hybridized carbons (Fsp3) is 0.0588. The van der Waals surface area contributed by atoms with Crippen LogP contribution in [0, 0.1) is 0 Å². The van der Waals surface area contributed by atoms with Crippen molar-refractivity contribution in [2.75, 3.05) is 0 Å². The monoisotopic (exact) mass is 656 g/mol. The Morgan fingerprint density at radius 1 is 0.349 bits per heavy atom. The molecule has 5 heterocycles. The third-order valence-corrected chi connectivity index (χ3v) is 8.18. The Labute approximate surface area is 266 Å². The summed E-state index contributed by atoms with van der Waals surface area (Å²) in [5.74, 6) is 2.49. The molecule has 9 rings (SSSR count). The van der Waals surface area contributed by atoms with Crippen molar-refractivity contribution >= 4 is 44.1 Å². The molecule has 0 N–H and O–H groups in total. The predicted octanol–water partition coefficient (Wildman–Crippen LogP) is 6.89. The van der Waals surface area contributed by atoms with Crippen LogP contribution in [-0.4, -0.2) is 39.0 Å². The summed E-state index contributed by atoms with van der Waals surface area (Å²) in [5.41, 5.74) is 6.89. The molecule has 0 atom stereocenters. The van der Waals surface area contributed by atoms with Crippen molar-refractivity contribution in [2.45, 2.75) is 0 Å². The van der Waals surface area contributed by atoms with Gasteiger partial charge in [-0.2, -0.15) is 0 Å². The van der Waals surface area contributed by atoms with Crippen LogP contribution in [0.1, 0.15) is 0 Å². The molecule has 7 aromatic rings. The first-order chi connectivity index (χ1) is 20.7. The number of fused-ring (bicyclic) bond motifs is 20. The van der Waals surface area contributed by atoms with Crippen LogP contribution in [-0.2, 0) is 41.4 Å². The molecule has 43 heavy (non-hydrogen) atoms. The van der Waals surface area contributed by atoms with Crippen LogP contribution in [0.5, 0.6) is 0 Å². The molecule has 200 valence electrons. The van der Waals surface area contributed by atoms with Crippen molar-refractivity contribution in [2.24, 2.45) is 14.1 Å². The molecule has 0 amide bonds. The van der Waals surface area contributed by atoms with E-state index in [1.807, 2.05) is 71.8 Å². The van der Waals surface area contributed by atoms with Crippen LogP contribution in [0.15, 0.2) is 97.1 Å². The van der Waals surface area contributed by atoms with Crippen LogP contribution >= 0.6 is 0 Å². The topological polar surface area (TPSA) is 87.2 Å². The number of aromatic nitrogens is 8. The molecule has 3 aromatic heterocycles. The quantitative estimate of drug-likeness (QED) is 0.166. The van der Waals surface area contributed by atoms with Crippen LogP contribution in [0.4, 0.5) is 0 Å². The summed E-state index contributed by atoms with van der Waals surface area (Å²) in [6.45, 7) is 0. The van der Waals surface area contributed by atoms with Crippen molar-refractivity contribution in [3.05, 3.63) is 97.1 Å². The molecule has 0 unspecified atom stereocenters. The van der Waals surface area contributed by atoms with Gasteiger partial charge >= 0.3 is 0 Å². The van der Waals surface area contributed by atoms with E-state index in [4.69, 9.17) is 29.9 Å². The van der Waals surface area contributed by atoms with Crippen LogP contribution in [0.2, 0.25) is 0 Å². The fourth-order valence-corrected chi connectivity index (χ4v) is 6.14. The zero-order valence-electron chi connectivity index (χ0n) is 23.5. The van der Waals surface area contributed by atoms with Gasteiger partial charge in [-0.1, -0.05) is 97.1 Å². The van der Waals surface area contributed by atoms with E-state index in [-0.39, 0.29) is 27.3 Å². The van der Waals surface area contributed by atoms with Gasteiger partial charge in [-0.05, 0) is 0 Å². The summed E-state index contributed by atoms with van der Waals surface area (Å²) in [6.07, 6.45) is 0. The third-order valence-electron chi connectivity index (χ3n) is 8.18. The first-order valence-electron chi connectivity index (χ1n) is 13.8. The van der Waals surface area contributed by atoms with E-state index in [0.717, 1.165) is 66.4 Å². The second kappa shape index (κ2) is 9.60. The molecule has 8 bridgehead atoms. The molecule has 4 aromatic carbocycles. The second-order valence-electron chi connectivity index (χ2n) is 10.6. The minimum absolute atomic E-state index is 0. The van der Waals surface area contributed by atoms with E-state index in [1.165, 1.54) is 0 Å². The van der Waals surface area contributed by atoms with Gasteiger partial charge in [-0.25, -0.2) is 29.9 Å². The first kappa shape index (κ1) is 25.8. The van der Waals surface area contributed by atoms with E-state index in [2.05, 4.69) is 48.5 Å². The smallest absolute Gasteiger partial charge is 0.164 e.